The number of hydrogen-bond acceptors (Lipinski definition) is 25. The molecule has 14 aromatic heterocycles. The van der Waals surface area contributed by atoms with Gasteiger partial charge < -0.3 is 41.7 Å². The van der Waals surface area contributed by atoms with E-state index in [4.69, 9.17) is 83.5 Å². The summed E-state index contributed by atoms with van der Waals surface area (Å²) in [6, 6.07) is 10.0. The molecule has 0 spiro atoms. The number of rotatable bonds is 24. The number of hydrogen-bond donors (Lipinski definition) is 5. The topological polar surface area (TPSA) is 426 Å². The fourth-order valence-corrected chi connectivity index (χ4v) is 16.2. The number of nitrogens with zero attached hydrogens (tertiary/aromatic N) is 23. The number of imidazole rings is 4. The van der Waals surface area contributed by atoms with Crippen LogP contribution in [0.1, 0.15) is 121 Å². The Kier molecular flexibility index (Phi) is 28.6. The molecule has 0 saturated carbocycles. The fourth-order valence-electron chi connectivity index (χ4n) is 14.7. The third-order valence-electron chi connectivity index (χ3n) is 20.7. The Labute approximate surface area is 729 Å². The summed E-state index contributed by atoms with van der Waals surface area (Å²) in [5.41, 5.74) is 37.5. The van der Waals surface area contributed by atoms with Crippen molar-refractivity contribution in [2.45, 2.75) is 174 Å². The lowest BCUT2D eigenvalue weighted by molar-refractivity contribution is -0.910. The number of aryl methyl sites for hydroxylation is 7. The van der Waals surface area contributed by atoms with E-state index >= 15 is 0 Å². The lowest BCUT2D eigenvalue weighted by Gasteiger charge is -2.30. The standard InChI is InChI=1S/C22H32ClN7O2.C20H22ClN7O2.C20H25ClN6O2.C19H18ClIN7O2/c1-12(2)28(13(3)4)8-9-29-17-19(23)26-21(24)27-20(17)30(22(29)31)11-16-10-25-15(6)18(32-7)14(16)5;1-12-14(10-23-13(2)16(12)30-3)11-28-18-15(17(21)24-19(22)25-18)27(20(28)29)9-8-26-6-4-5-7-26;1-11(2)7-6-8-26-15-17(21)24-19(22)25-18(15)27(20(26)28)10-14-9-23-13(4)16(29-5)12(14)3;1-10-7-28(30)13(11(2)14(10)21)9-27-17-15(16(20)24-18(22)25-17)26(19(27)29)8-12-5-3-4-6-23-12/h10,12-13H,8-9,11H2,1-7H3,(H2,24,26,27);4-7,10H,8-9,11H2,1-3H3,(H2,22,24,25);7,9H,6,8,10H2,1-5H3,(H2,22,24,25);3-7,30H,8-9H2,1-2H3,(H2,22,24,25)/q;;;+1. The lowest BCUT2D eigenvalue weighted by atomic mass is 10.1. The van der Waals surface area contributed by atoms with Crippen molar-refractivity contribution >= 4 is 137 Å². The second kappa shape index (κ2) is 38.4. The van der Waals surface area contributed by atoms with Gasteiger partial charge in [0.05, 0.1) is 70.3 Å². The molecule has 0 aromatic carbocycles. The molecule has 35 nitrogen and oxygen atoms in total. The predicted molar refractivity (Wildman–Crippen MR) is 477 cm³/mol. The average Bonchev–Trinajstić information content (AvgIpc) is 1.63. The first kappa shape index (κ1) is 90.2. The summed E-state index contributed by atoms with van der Waals surface area (Å²) >= 11 is 27.7. The van der Waals surface area contributed by atoms with Gasteiger partial charge >= 0.3 is 22.8 Å². The van der Waals surface area contributed by atoms with Crippen molar-refractivity contribution in [3.8, 4) is 17.2 Å². The minimum Gasteiger partial charge on any atom is -0.495 e. The van der Waals surface area contributed by atoms with Gasteiger partial charge in [-0.3, -0.25) is 66.6 Å². The molecule has 0 radical (unpaired) electrons. The summed E-state index contributed by atoms with van der Waals surface area (Å²) in [6.07, 6.45) is 15.2. The summed E-state index contributed by atoms with van der Waals surface area (Å²) in [7, 11) is 4.82. The van der Waals surface area contributed by atoms with Crippen LogP contribution in [0.15, 0.2) is 105 Å². The zero-order valence-electron chi connectivity index (χ0n) is 70.2. The molecule has 40 heteroatoms. The molecule has 9 N–H and O–H groups in total. The van der Waals surface area contributed by atoms with E-state index in [0.29, 0.717) is 125 Å². The van der Waals surface area contributed by atoms with Crippen molar-refractivity contribution in [2.24, 2.45) is 0 Å². The highest BCUT2D eigenvalue weighted by molar-refractivity contribution is 14.1. The van der Waals surface area contributed by atoms with Crippen molar-refractivity contribution in [3.05, 3.63) is 224 Å². The van der Waals surface area contributed by atoms with Crippen molar-refractivity contribution in [3.63, 3.8) is 0 Å². The van der Waals surface area contributed by atoms with Gasteiger partial charge in [0.15, 0.2) is 43.2 Å². The van der Waals surface area contributed by atoms with E-state index in [0.717, 1.165) is 69.9 Å². The SMILES string of the molecule is COc1c(C)ncc(Cn2c(=O)n(CCC=C(C)C)c3c(Cl)nc(N)nc32)c1C.COc1c(C)ncc(Cn2c(=O)n(CCN(C(C)C)C(C)C)c3c(Cl)nc(N)nc32)c1C.COc1c(C)ncc(Cn2c(=O)n(CCn3cccc3)c3c(Cl)nc(N)nc32)c1C.Cc1c[n+](O)c(Cn2c(=O)n(Cc3ccccn3)c3c(Cl)nc(N)nc32)c(C)c1I. The van der Waals surface area contributed by atoms with Gasteiger partial charge in [-0.1, -0.05) is 64.1 Å². The first-order valence-electron chi connectivity index (χ1n) is 38.4. The van der Waals surface area contributed by atoms with Gasteiger partial charge in [-0.25, -0.2) is 19.2 Å². The second-order valence-corrected chi connectivity index (χ2v) is 32.1. The maximum absolute atomic E-state index is 13.5. The van der Waals surface area contributed by atoms with E-state index in [9.17, 15) is 24.4 Å². The summed E-state index contributed by atoms with van der Waals surface area (Å²) in [5.74, 6) is 2.13. The van der Waals surface area contributed by atoms with Gasteiger partial charge in [0.2, 0.25) is 30.0 Å². The summed E-state index contributed by atoms with van der Waals surface area (Å²) in [5, 5.41) is 11.0. The molecule has 14 aromatic rings. The second-order valence-electron chi connectivity index (χ2n) is 29.6. The van der Waals surface area contributed by atoms with Crippen LogP contribution in [0.3, 0.4) is 0 Å². The molecule has 0 aliphatic carbocycles. The average molecular weight is 1850 g/mol. The number of anilines is 4. The number of ether oxygens (including phenoxy) is 3. The van der Waals surface area contributed by atoms with Crippen LogP contribution in [-0.4, -0.2) is 151 Å². The van der Waals surface area contributed by atoms with Crippen LogP contribution in [-0.2, 0) is 58.9 Å². The number of nitrogen functional groups attached to an aromatic ring is 4. The summed E-state index contributed by atoms with van der Waals surface area (Å²) in [6.45, 7) is 31.6. The molecule has 0 fully saturated rings. The number of aromatic nitrogens is 22. The Hall–Kier alpha value is -11.6. The number of nitrogens with two attached hydrogens (primary N) is 4. The van der Waals surface area contributed by atoms with Crippen molar-refractivity contribution in [2.75, 3.05) is 50.8 Å². The predicted octanol–water partition coefficient (Wildman–Crippen LogP) is 10.7. The molecule has 0 saturated heterocycles. The maximum atomic E-state index is 13.5. The maximum Gasteiger partial charge on any atom is 0.331 e. The Morgan fingerprint density at radius 3 is 1.23 bits per heavy atom. The normalized spacial score (nSPS) is 11.4. The highest BCUT2D eigenvalue weighted by Gasteiger charge is 2.29. The zero-order chi connectivity index (χ0) is 88.0. The van der Waals surface area contributed by atoms with Gasteiger partial charge in [0, 0.05) is 101 Å². The van der Waals surface area contributed by atoms with Crippen LogP contribution < -0.4 is 64.6 Å². The van der Waals surface area contributed by atoms with E-state index < -0.39 is 0 Å². The van der Waals surface area contributed by atoms with E-state index in [-0.39, 0.29) is 99.9 Å². The monoisotopic (exact) mass is 1840 g/mol. The van der Waals surface area contributed by atoms with Crippen molar-refractivity contribution in [1.29, 1.82) is 0 Å². The molecule has 0 amide bonds. The van der Waals surface area contributed by atoms with Gasteiger partial charge in [-0.05, 0) is 184 Å². The molecule has 0 unspecified atom stereocenters. The smallest absolute Gasteiger partial charge is 0.331 e. The van der Waals surface area contributed by atoms with E-state index in [1.165, 1.54) is 14.7 Å². The first-order valence-corrected chi connectivity index (χ1v) is 41.0. The number of pyridine rings is 5. The number of allylic oxidation sites excluding steroid dienone is 2. The Bertz CT molecular complexity index is 6500. The molecule has 0 aliphatic rings. The quantitative estimate of drug-likeness (QED) is 0.0123. The third kappa shape index (κ3) is 19.3. The van der Waals surface area contributed by atoms with E-state index in [1.54, 1.807) is 85.8 Å². The van der Waals surface area contributed by atoms with Crippen LogP contribution in [0.2, 0.25) is 20.6 Å². The molecular formula is C81H97Cl4IN27O8+. The summed E-state index contributed by atoms with van der Waals surface area (Å²) in [4.78, 5) is 107. The van der Waals surface area contributed by atoms with Crippen LogP contribution >= 0.6 is 69.0 Å². The van der Waals surface area contributed by atoms with Gasteiger partial charge in [0.1, 0.15) is 45.9 Å². The molecule has 14 heterocycles. The minimum absolute atomic E-state index is 0.0140. The zero-order valence-corrected chi connectivity index (χ0v) is 75.4. The Morgan fingerprint density at radius 2 is 0.860 bits per heavy atom. The van der Waals surface area contributed by atoms with Gasteiger partial charge in [-0.2, -0.15) is 39.9 Å². The third-order valence-corrected chi connectivity index (χ3v) is 23.4. The number of halogens is 5. The van der Waals surface area contributed by atoms with Crippen molar-refractivity contribution in [1.82, 2.24) is 106 Å². The molecule has 638 valence electrons. The summed E-state index contributed by atoms with van der Waals surface area (Å²) < 4.78 is 32.9. The number of fused-ring (bicyclic) bond motifs is 4. The van der Waals surface area contributed by atoms with Gasteiger partial charge in [-0.15, -0.1) is 0 Å². The van der Waals surface area contributed by atoms with Gasteiger partial charge in [0.25, 0.3) is 5.69 Å². The molecule has 0 atom stereocenters. The van der Waals surface area contributed by atoms with E-state index in [1.807, 2.05) is 110 Å². The highest BCUT2D eigenvalue weighted by atomic mass is 127. The lowest BCUT2D eigenvalue weighted by Crippen LogP contribution is -2.40. The molecule has 0 bridgehead atoms. The Morgan fingerprint density at radius 1 is 0.488 bits per heavy atom. The Balaban J connectivity index is 0.000000158. The molecule has 0 aliphatic heterocycles. The van der Waals surface area contributed by atoms with E-state index in [2.05, 4.69) is 121 Å². The van der Waals surface area contributed by atoms with Crippen LogP contribution in [0, 0.1) is 59.0 Å². The van der Waals surface area contributed by atoms with Crippen LogP contribution in [0.25, 0.3) is 44.7 Å². The molecule has 14 rings (SSSR count). The molecular weight excluding hydrogens is 1750 g/mol. The molecule has 121 heavy (non-hydrogen) atoms. The fraction of sp³-hybridized carbons (Fsp3) is 0.370. The van der Waals surface area contributed by atoms with Crippen LogP contribution in [0.5, 0.6) is 17.2 Å². The van der Waals surface area contributed by atoms with Crippen LogP contribution in [0.4, 0.5) is 23.8 Å². The number of methoxy groups -OCH3 is 3. The first-order chi connectivity index (χ1) is 57.5. The largest absolute Gasteiger partial charge is 0.495 e. The van der Waals surface area contributed by atoms with Crippen molar-refractivity contribution < 1.29 is 24.1 Å². The highest BCUT2D eigenvalue weighted by Crippen LogP contribution is 2.32. The minimum atomic E-state index is -0.354.